The van der Waals surface area contributed by atoms with Crippen LogP contribution in [-0.4, -0.2) is 6.79 Å². The first-order valence-corrected chi connectivity index (χ1v) is 6.98. The molecular weight excluding hydrogens is 274 g/mol. The fourth-order valence-corrected chi connectivity index (χ4v) is 2.54. The molecule has 0 saturated carbocycles. The van der Waals surface area contributed by atoms with E-state index < -0.39 is 0 Å². The van der Waals surface area contributed by atoms with Gasteiger partial charge in [0.1, 0.15) is 0 Å². The Morgan fingerprint density at radius 3 is 2.80 bits per heavy atom. The summed E-state index contributed by atoms with van der Waals surface area (Å²) in [5.74, 6) is 1.37. The van der Waals surface area contributed by atoms with Gasteiger partial charge in [0.15, 0.2) is 11.5 Å². The average Bonchev–Trinajstić information content (AvgIpc) is 2.94. The van der Waals surface area contributed by atoms with Crippen molar-refractivity contribution in [2.24, 2.45) is 0 Å². The Morgan fingerprint density at radius 2 is 2.00 bits per heavy atom. The second kappa shape index (κ2) is 5.73. The third kappa shape index (κ3) is 2.74. The van der Waals surface area contributed by atoms with E-state index in [0.29, 0.717) is 10.8 Å². The topological polar surface area (TPSA) is 30.5 Å². The molecule has 0 amide bonds. The van der Waals surface area contributed by atoms with Gasteiger partial charge in [-0.3, -0.25) is 0 Å². The van der Waals surface area contributed by atoms with Gasteiger partial charge in [-0.05, 0) is 30.2 Å². The summed E-state index contributed by atoms with van der Waals surface area (Å²) in [4.78, 5) is 0. The minimum Gasteiger partial charge on any atom is -0.454 e. The minimum absolute atomic E-state index is 0.242. The van der Waals surface area contributed by atoms with Crippen LogP contribution >= 0.6 is 11.6 Å². The molecular formula is C16H16ClNO2. The van der Waals surface area contributed by atoms with E-state index in [0.717, 1.165) is 17.9 Å². The Bertz CT molecular complexity index is 601. The number of ether oxygens (including phenoxy) is 2. The van der Waals surface area contributed by atoms with Crippen LogP contribution in [0.4, 0.5) is 0 Å². The molecule has 0 aromatic heterocycles. The van der Waals surface area contributed by atoms with Gasteiger partial charge in [-0.1, -0.05) is 41.9 Å². The van der Waals surface area contributed by atoms with Crippen LogP contribution in [0.25, 0.3) is 0 Å². The molecule has 0 aliphatic carbocycles. The molecule has 0 spiro atoms. The van der Waals surface area contributed by atoms with E-state index in [1.807, 2.05) is 30.3 Å². The third-order valence-corrected chi connectivity index (χ3v) is 3.68. The molecule has 4 heteroatoms. The molecule has 3 rings (SSSR count). The molecule has 1 N–H and O–H groups in total. The lowest BCUT2D eigenvalue weighted by molar-refractivity contribution is 0.174. The van der Waals surface area contributed by atoms with Crippen LogP contribution in [-0.2, 0) is 6.54 Å². The Hall–Kier alpha value is -1.71. The van der Waals surface area contributed by atoms with E-state index in [9.17, 15) is 0 Å². The number of hydrogen-bond donors (Lipinski definition) is 1. The highest BCUT2D eigenvalue weighted by atomic mass is 35.5. The maximum Gasteiger partial charge on any atom is 0.231 e. The van der Waals surface area contributed by atoms with Crippen molar-refractivity contribution in [3.63, 3.8) is 0 Å². The lowest BCUT2D eigenvalue weighted by Crippen LogP contribution is -2.17. The Balaban J connectivity index is 1.68. The lowest BCUT2D eigenvalue weighted by Gasteiger charge is -2.14. The predicted octanol–water partition coefficient (Wildman–Crippen LogP) is 3.92. The average molecular weight is 290 g/mol. The zero-order valence-electron chi connectivity index (χ0n) is 11.2. The maximum atomic E-state index is 6.17. The van der Waals surface area contributed by atoms with Gasteiger partial charge < -0.3 is 14.8 Å². The van der Waals surface area contributed by atoms with Crippen LogP contribution in [0, 0.1) is 0 Å². The highest BCUT2D eigenvalue weighted by Gasteiger charge is 2.18. The van der Waals surface area contributed by atoms with Crippen LogP contribution in [0.3, 0.4) is 0 Å². The first-order chi connectivity index (χ1) is 9.74. The van der Waals surface area contributed by atoms with Crippen LogP contribution in [0.1, 0.15) is 24.1 Å². The molecule has 0 saturated heterocycles. The lowest BCUT2D eigenvalue weighted by atomic mass is 10.1. The number of rotatable bonds is 4. The molecule has 0 radical (unpaired) electrons. The van der Waals surface area contributed by atoms with E-state index in [1.54, 1.807) is 0 Å². The van der Waals surface area contributed by atoms with Crippen molar-refractivity contribution >= 4 is 11.6 Å². The fourth-order valence-electron chi connectivity index (χ4n) is 2.25. The predicted molar refractivity (Wildman–Crippen MR) is 79.3 cm³/mol. The van der Waals surface area contributed by atoms with E-state index in [-0.39, 0.29) is 12.8 Å². The molecule has 2 aromatic carbocycles. The first kappa shape index (κ1) is 13.3. The van der Waals surface area contributed by atoms with Crippen molar-refractivity contribution in [1.29, 1.82) is 0 Å². The molecule has 1 aliphatic heterocycles. The standard InChI is InChI=1S/C16H16ClNO2/c1-11(13-5-3-2-4-6-13)18-9-12-7-14(17)16-15(8-12)19-10-20-16/h2-8,11,18H,9-10H2,1H3. The smallest absolute Gasteiger partial charge is 0.231 e. The molecule has 1 atom stereocenters. The van der Waals surface area contributed by atoms with Gasteiger partial charge in [-0.15, -0.1) is 0 Å². The van der Waals surface area contributed by atoms with Gasteiger partial charge in [0.05, 0.1) is 5.02 Å². The van der Waals surface area contributed by atoms with Crippen LogP contribution in [0.2, 0.25) is 5.02 Å². The number of benzene rings is 2. The summed E-state index contributed by atoms with van der Waals surface area (Å²) in [6, 6.07) is 14.5. The second-order valence-corrected chi connectivity index (χ2v) is 5.23. The number of hydrogen-bond acceptors (Lipinski definition) is 3. The summed E-state index contributed by atoms with van der Waals surface area (Å²) >= 11 is 6.17. The molecule has 0 bridgehead atoms. The maximum absolute atomic E-state index is 6.17. The van der Waals surface area contributed by atoms with E-state index in [1.165, 1.54) is 5.56 Å². The number of fused-ring (bicyclic) bond motifs is 1. The highest BCUT2D eigenvalue weighted by molar-refractivity contribution is 6.32. The fraction of sp³-hybridized carbons (Fsp3) is 0.250. The van der Waals surface area contributed by atoms with Crippen molar-refractivity contribution < 1.29 is 9.47 Å². The largest absolute Gasteiger partial charge is 0.454 e. The van der Waals surface area contributed by atoms with Gasteiger partial charge >= 0.3 is 0 Å². The Labute approximate surface area is 123 Å². The van der Waals surface area contributed by atoms with Gasteiger partial charge in [0, 0.05) is 12.6 Å². The number of halogens is 1. The first-order valence-electron chi connectivity index (χ1n) is 6.60. The van der Waals surface area contributed by atoms with E-state index in [2.05, 4.69) is 24.4 Å². The highest BCUT2D eigenvalue weighted by Crippen LogP contribution is 2.39. The third-order valence-electron chi connectivity index (χ3n) is 3.40. The van der Waals surface area contributed by atoms with Gasteiger partial charge in [0.2, 0.25) is 6.79 Å². The molecule has 1 unspecified atom stereocenters. The monoisotopic (exact) mass is 289 g/mol. The van der Waals surface area contributed by atoms with Crippen molar-refractivity contribution in [3.8, 4) is 11.5 Å². The van der Waals surface area contributed by atoms with Crippen molar-refractivity contribution in [2.75, 3.05) is 6.79 Å². The molecule has 1 aliphatic rings. The van der Waals surface area contributed by atoms with Gasteiger partial charge in [0.25, 0.3) is 0 Å². The van der Waals surface area contributed by atoms with Gasteiger partial charge in [-0.25, -0.2) is 0 Å². The second-order valence-electron chi connectivity index (χ2n) is 4.82. The minimum atomic E-state index is 0.242. The van der Waals surface area contributed by atoms with Gasteiger partial charge in [-0.2, -0.15) is 0 Å². The van der Waals surface area contributed by atoms with Crippen molar-refractivity contribution in [3.05, 3.63) is 58.6 Å². The van der Waals surface area contributed by atoms with Crippen LogP contribution in [0.5, 0.6) is 11.5 Å². The molecule has 20 heavy (non-hydrogen) atoms. The zero-order valence-corrected chi connectivity index (χ0v) is 12.0. The summed E-state index contributed by atoms with van der Waals surface area (Å²) in [7, 11) is 0. The summed E-state index contributed by atoms with van der Waals surface area (Å²) < 4.78 is 10.7. The van der Waals surface area contributed by atoms with E-state index >= 15 is 0 Å². The summed E-state index contributed by atoms with van der Waals surface area (Å²) in [5.41, 5.74) is 2.35. The SMILES string of the molecule is CC(NCc1cc(Cl)c2c(c1)OCO2)c1ccccc1. The van der Waals surface area contributed by atoms with Crippen molar-refractivity contribution in [2.45, 2.75) is 19.5 Å². The molecule has 2 aromatic rings. The quantitative estimate of drug-likeness (QED) is 0.925. The Kier molecular flexibility index (Phi) is 3.81. The van der Waals surface area contributed by atoms with Crippen LogP contribution in [0.15, 0.2) is 42.5 Å². The molecule has 0 fully saturated rings. The van der Waals surface area contributed by atoms with Crippen LogP contribution < -0.4 is 14.8 Å². The zero-order chi connectivity index (χ0) is 13.9. The number of nitrogens with one attached hydrogen (secondary N) is 1. The summed E-state index contributed by atoms with van der Waals surface area (Å²) in [5, 5.41) is 4.08. The summed E-state index contributed by atoms with van der Waals surface area (Å²) in [6.07, 6.45) is 0. The normalized spacial score (nSPS) is 14.3. The summed E-state index contributed by atoms with van der Waals surface area (Å²) in [6.45, 7) is 3.11. The molecule has 3 nitrogen and oxygen atoms in total. The molecule has 104 valence electrons. The van der Waals surface area contributed by atoms with Crippen molar-refractivity contribution in [1.82, 2.24) is 5.32 Å². The Morgan fingerprint density at radius 1 is 1.20 bits per heavy atom. The van der Waals surface area contributed by atoms with E-state index in [4.69, 9.17) is 21.1 Å². The molecule has 1 heterocycles.